The Morgan fingerprint density at radius 1 is 1.25 bits per heavy atom. The van der Waals surface area contributed by atoms with E-state index in [-0.39, 0.29) is 22.9 Å². The summed E-state index contributed by atoms with van der Waals surface area (Å²) in [4.78, 5) is 29.3. The molecular formula is C19H28ClFN4O3+2. The second-order valence-corrected chi connectivity index (χ2v) is 7.82. The van der Waals surface area contributed by atoms with Gasteiger partial charge in [0.2, 0.25) is 0 Å². The molecular weight excluding hydrogens is 387 g/mol. The molecule has 2 fully saturated rings. The molecule has 2 amide bonds. The third kappa shape index (κ3) is 5.41. The van der Waals surface area contributed by atoms with Crippen molar-refractivity contribution in [3.63, 3.8) is 0 Å². The van der Waals surface area contributed by atoms with Crippen LogP contribution in [0.3, 0.4) is 0 Å². The number of anilines is 1. The van der Waals surface area contributed by atoms with Crippen LogP contribution in [-0.4, -0.2) is 81.8 Å². The maximum atomic E-state index is 13.1. The molecule has 3 rings (SSSR count). The zero-order valence-electron chi connectivity index (χ0n) is 16.1. The molecule has 2 aliphatic heterocycles. The van der Waals surface area contributed by atoms with Gasteiger partial charge in [0.25, 0.3) is 11.8 Å². The molecule has 1 aromatic carbocycles. The van der Waals surface area contributed by atoms with Crippen molar-refractivity contribution in [3.8, 4) is 0 Å². The minimum atomic E-state index is -0.438. The molecule has 7 nitrogen and oxygen atoms in total. The second-order valence-electron chi connectivity index (χ2n) is 7.41. The topological polar surface area (TPSA) is 67.5 Å². The fourth-order valence-corrected chi connectivity index (χ4v) is 3.90. The van der Waals surface area contributed by atoms with Gasteiger partial charge in [-0.25, -0.2) is 4.39 Å². The summed E-state index contributed by atoms with van der Waals surface area (Å²) < 4.78 is 18.4. The summed E-state index contributed by atoms with van der Waals surface area (Å²) in [7, 11) is 0. The summed E-state index contributed by atoms with van der Waals surface area (Å²) in [6, 6.07) is 3.67. The van der Waals surface area contributed by atoms with Gasteiger partial charge < -0.3 is 24.8 Å². The van der Waals surface area contributed by atoms with Crippen LogP contribution in [0.4, 0.5) is 10.1 Å². The Morgan fingerprint density at radius 3 is 2.57 bits per heavy atom. The molecule has 0 unspecified atom stereocenters. The fraction of sp³-hybridized carbons (Fsp3) is 0.579. The van der Waals surface area contributed by atoms with Crippen LogP contribution in [0.25, 0.3) is 0 Å². The quantitative estimate of drug-likeness (QED) is 0.546. The number of piperazine rings is 1. The number of carbonyl (C=O) groups excluding carboxylic acids is 2. The first-order valence-electron chi connectivity index (χ1n) is 9.73. The molecule has 154 valence electrons. The van der Waals surface area contributed by atoms with E-state index < -0.39 is 5.82 Å². The zero-order chi connectivity index (χ0) is 20.1. The van der Waals surface area contributed by atoms with Crippen molar-refractivity contribution in [2.45, 2.75) is 13.0 Å². The molecule has 2 saturated heterocycles. The van der Waals surface area contributed by atoms with Crippen LogP contribution in [0.1, 0.15) is 6.92 Å². The van der Waals surface area contributed by atoms with Gasteiger partial charge in [0.1, 0.15) is 32.0 Å². The van der Waals surface area contributed by atoms with E-state index in [9.17, 15) is 14.0 Å². The van der Waals surface area contributed by atoms with Crippen molar-refractivity contribution in [1.29, 1.82) is 0 Å². The SMILES string of the molecule is C[C@@H](C(=O)Nc1ccc(F)cc1Cl)[NH+]1CC[NH+](CC(=O)N2CCOCC2)CC1. The Balaban J connectivity index is 1.45. The minimum absolute atomic E-state index is 0.142. The monoisotopic (exact) mass is 414 g/mol. The van der Waals surface area contributed by atoms with E-state index in [1.807, 2.05) is 11.8 Å². The molecule has 0 bridgehead atoms. The fourth-order valence-electron chi connectivity index (χ4n) is 3.69. The third-order valence-electron chi connectivity index (χ3n) is 5.56. The van der Waals surface area contributed by atoms with Crippen LogP contribution < -0.4 is 15.1 Å². The van der Waals surface area contributed by atoms with Gasteiger partial charge in [-0.2, -0.15) is 0 Å². The molecule has 28 heavy (non-hydrogen) atoms. The Hall–Kier alpha value is -1.74. The molecule has 9 heteroatoms. The normalized spacial score (nSPS) is 23.9. The van der Waals surface area contributed by atoms with Gasteiger partial charge in [-0.1, -0.05) is 11.6 Å². The highest BCUT2D eigenvalue weighted by Crippen LogP contribution is 2.22. The minimum Gasteiger partial charge on any atom is -0.378 e. The third-order valence-corrected chi connectivity index (χ3v) is 5.87. The largest absolute Gasteiger partial charge is 0.378 e. The molecule has 2 aliphatic rings. The second kappa shape index (κ2) is 9.65. The summed E-state index contributed by atoms with van der Waals surface area (Å²) in [6.07, 6.45) is 0. The highest BCUT2D eigenvalue weighted by molar-refractivity contribution is 6.33. The Kier molecular flexibility index (Phi) is 7.23. The van der Waals surface area contributed by atoms with Crippen LogP contribution in [0.5, 0.6) is 0 Å². The molecule has 1 atom stereocenters. The van der Waals surface area contributed by atoms with Crippen LogP contribution in [0, 0.1) is 5.82 Å². The van der Waals surface area contributed by atoms with Crippen molar-refractivity contribution >= 4 is 29.1 Å². The molecule has 0 saturated carbocycles. The van der Waals surface area contributed by atoms with Gasteiger partial charge in [0.05, 0.1) is 23.9 Å². The Bertz CT molecular complexity index is 706. The first-order valence-corrected chi connectivity index (χ1v) is 10.1. The standard InChI is InChI=1S/C19H26ClFN4O3/c1-14(19(27)22-17-3-2-15(21)12-16(17)20)24-6-4-23(5-7-24)13-18(26)25-8-10-28-11-9-25/h2-3,12,14H,4-11,13H2,1H3,(H,22,27)/p+2/t14-/m0/s1. The number of nitrogens with one attached hydrogen (secondary N) is 3. The van der Waals surface area contributed by atoms with Gasteiger partial charge in [-0.05, 0) is 25.1 Å². The lowest BCUT2D eigenvalue weighted by molar-refractivity contribution is -1.01. The number of amides is 2. The van der Waals surface area contributed by atoms with Crippen LogP contribution >= 0.6 is 11.6 Å². The van der Waals surface area contributed by atoms with E-state index in [0.29, 0.717) is 38.5 Å². The summed E-state index contributed by atoms with van der Waals surface area (Å²) in [6.45, 7) is 8.29. The number of nitrogens with zero attached hydrogens (tertiary/aromatic N) is 1. The molecule has 3 N–H and O–H groups in total. The number of rotatable bonds is 5. The van der Waals surface area contributed by atoms with E-state index in [4.69, 9.17) is 16.3 Å². The summed E-state index contributed by atoms with van der Waals surface area (Å²) >= 11 is 5.99. The predicted molar refractivity (Wildman–Crippen MR) is 103 cm³/mol. The van der Waals surface area contributed by atoms with E-state index in [0.717, 1.165) is 26.2 Å². The average molecular weight is 415 g/mol. The van der Waals surface area contributed by atoms with Crippen molar-refractivity contribution in [1.82, 2.24) is 4.90 Å². The number of halogens is 2. The number of quaternary nitrogens is 2. The highest BCUT2D eigenvalue weighted by Gasteiger charge is 2.33. The summed E-state index contributed by atoms with van der Waals surface area (Å²) in [5, 5.41) is 2.97. The van der Waals surface area contributed by atoms with E-state index in [2.05, 4.69) is 5.32 Å². The lowest BCUT2D eigenvalue weighted by Crippen LogP contribution is -3.30. The summed E-state index contributed by atoms with van der Waals surface area (Å²) in [5.74, 6) is -0.401. The molecule has 0 spiro atoms. The molecule has 0 radical (unpaired) electrons. The van der Waals surface area contributed by atoms with E-state index in [1.165, 1.54) is 28.0 Å². The van der Waals surface area contributed by atoms with Crippen molar-refractivity contribution < 1.29 is 28.5 Å². The molecule has 1 aromatic rings. The molecule has 0 aromatic heterocycles. The van der Waals surface area contributed by atoms with Gasteiger partial charge in [0.15, 0.2) is 12.6 Å². The zero-order valence-corrected chi connectivity index (χ0v) is 16.9. The highest BCUT2D eigenvalue weighted by atomic mass is 35.5. The van der Waals surface area contributed by atoms with Crippen molar-refractivity contribution in [2.75, 3.05) is 64.3 Å². The Labute approximate surface area is 169 Å². The number of morpholine rings is 1. The van der Waals surface area contributed by atoms with Crippen LogP contribution in [0.15, 0.2) is 18.2 Å². The average Bonchev–Trinajstić information content (AvgIpc) is 2.70. The lowest BCUT2D eigenvalue weighted by Gasteiger charge is -2.34. The number of hydrogen-bond acceptors (Lipinski definition) is 3. The number of carbonyl (C=O) groups is 2. The smallest absolute Gasteiger partial charge is 0.282 e. The van der Waals surface area contributed by atoms with Crippen LogP contribution in [0.2, 0.25) is 5.02 Å². The molecule has 0 aliphatic carbocycles. The first-order chi connectivity index (χ1) is 13.4. The van der Waals surface area contributed by atoms with E-state index >= 15 is 0 Å². The Morgan fingerprint density at radius 2 is 1.93 bits per heavy atom. The predicted octanol–water partition coefficient (Wildman–Crippen LogP) is -1.55. The first kappa shape index (κ1) is 21.0. The van der Waals surface area contributed by atoms with Gasteiger partial charge >= 0.3 is 0 Å². The maximum absolute atomic E-state index is 13.1. The van der Waals surface area contributed by atoms with Crippen LogP contribution in [-0.2, 0) is 14.3 Å². The van der Waals surface area contributed by atoms with Crippen molar-refractivity contribution in [3.05, 3.63) is 29.0 Å². The van der Waals surface area contributed by atoms with Gasteiger partial charge in [-0.3, -0.25) is 9.59 Å². The maximum Gasteiger partial charge on any atom is 0.282 e. The number of ether oxygens (including phenoxy) is 1. The lowest BCUT2D eigenvalue weighted by atomic mass is 10.2. The molecule has 2 heterocycles. The van der Waals surface area contributed by atoms with Gasteiger partial charge in [-0.15, -0.1) is 0 Å². The van der Waals surface area contributed by atoms with Crippen molar-refractivity contribution in [2.24, 2.45) is 0 Å². The summed E-state index contributed by atoms with van der Waals surface area (Å²) in [5.41, 5.74) is 0.416. The number of benzene rings is 1. The van der Waals surface area contributed by atoms with Gasteiger partial charge in [0, 0.05) is 13.1 Å². The number of hydrogen-bond donors (Lipinski definition) is 3. The van der Waals surface area contributed by atoms with E-state index in [1.54, 1.807) is 0 Å².